The maximum absolute atomic E-state index is 12.3. The van der Waals surface area contributed by atoms with Crippen LogP contribution in [0.1, 0.15) is 15.9 Å². The average molecular weight is 361 g/mol. The van der Waals surface area contributed by atoms with Crippen LogP contribution in [0.25, 0.3) is 0 Å². The average Bonchev–Trinajstić information content (AvgIpc) is 2.50. The lowest BCUT2D eigenvalue weighted by molar-refractivity contribution is -0.118. The van der Waals surface area contributed by atoms with Crippen molar-refractivity contribution in [3.05, 3.63) is 52.0 Å². The minimum absolute atomic E-state index is 0.00326. The lowest BCUT2D eigenvalue weighted by atomic mass is 10.1. The Balaban J connectivity index is 1.81. The molecular formula is C16H13BrN2O3. The number of carbonyl (C=O) groups is 2. The van der Waals surface area contributed by atoms with Crippen LogP contribution in [-0.4, -0.2) is 18.4 Å². The zero-order valence-corrected chi connectivity index (χ0v) is 13.4. The van der Waals surface area contributed by atoms with E-state index in [1.165, 1.54) is 0 Å². The molecule has 0 aliphatic carbocycles. The van der Waals surface area contributed by atoms with Gasteiger partial charge in [0, 0.05) is 15.7 Å². The van der Waals surface area contributed by atoms with Crippen molar-refractivity contribution in [2.24, 2.45) is 0 Å². The van der Waals surface area contributed by atoms with E-state index in [1.54, 1.807) is 18.2 Å². The number of rotatable bonds is 2. The molecule has 112 valence electrons. The summed E-state index contributed by atoms with van der Waals surface area (Å²) >= 11 is 3.42. The minimum Gasteiger partial charge on any atom is -0.482 e. The van der Waals surface area contributed by atoms with E-state index >= 15 is 0 Å². The van der Waals surface area contributed by atoms with Crippen LogP contribution in [0, 0.1) is 6.92 Å². The van der Waals surface area contributed by atoms with E-state index in [1.807, 2.05) is 25.1 Å². The molecule has 22 heavy (non-hydrogen) atoms. The van der Waals surface area contributed by atoms with Gasteiger partial charge in [0.05, 0.1) is 5.69 Å². The molecule has 1 heterocycles. The highest BCUT2D eigenvalue weighted by Crippen LogP contribution is 2.29. The summed E-state index contributed by atoms with van der Waals surface area (Å²) in [6, 6.07) is 10.5. The number of fused-ring (bicyclic) bond motifs is 1. The lowest BCUT2D eigenvalue weighted by Gasteiger charge is -2.18. The second-order valence-corrected chi connectivity index (χ2v) is 5.82. The van der Waals surface area contributed by atoms with E-state index < -0.39 is 0 Å². The molecule has 0 bridgehead atoms. The number of carbonyl (C=O) groups excluding carboxylic acids is 2. The Morgan fingerprint density at radius 1 is 1.27 bits per heavy atom. The first-order valence-electron chi connectivity index (χ1n) is 6.67. The van der Waals surface area contributed by atoms with Gasteiger partial charge in [0.2, 0.25) is 0 Å². The standard InChI is InChI=1S/C16H13BrN2O3/c1-9-6-11(3-4-12(9)17)18-16(21)10-2-5-14-13(7-10)19-15(20)8-22-14/h2-7H,8H2,1H3,(H,18,21)(H,19,20). The van der Waals surface area contributed by atoms with Crippen LogP contribution in [0.5, 0.6) is 5.75 Å². The molecule has 3 rings (SSSR count). The van der Waals surface area contributed by atoms with Gasteiger partial charge in [-0.3, -0.25) is 9.59 Å². The highest BCUT2D eigenvalue weighted by Gasteiger charge is 2.17. The summed E-state index contributed by atoms with van der Waals surface area (Å²) in [5.74, 6) is 0.0913. The maximum atomic E-state index is 12.3. The molecule has 0 radical (unpaired) electrons. The van der Waals surface area contributed by atoms with E-state index in [4.69, 9.17) is 4.74 Å². The fourth-order valence-corrected chi connectivity index (χ4v) is 2.40. The quantitative estimate of drug-likeness (QED) is 0.862. The van der Waals surface area contributed by atoms with Gasteiger partial charge in [0.25, 0.3) is 11.8 Å². The normalized spacial score (nSPS) is 12.9. The first-order chi connectivity index (χ1) is 10.5. The molecule has 0 unspecified atom stereocenters. The number of hydrogen-bond acceptors (Lipinski definition) is 3. The third-order valence-corrected chi connectivity index (χ3v) is 4.18. The number of amides is 2. The molecule has 2 aromatic carbocycles. The van der Waals surface area contributed by atoms with Crippen molar-refractivity contribution in [2.75, 3.05) is 17.2 Å². The van der Waals surface area contributed by atoms with E-state index in [-0.39, 0.29) is 18.4 Å². The second-order valence-electron chi connectivity index (χ2n) is 4.97. The fourth-order valence-electron chi connectivity index (χ4n) is 2.15. The highest BCUT2D eigenvalue weighted by molar-refractivity contribution is 9.10. The Kier molecular flexibility index (Phi) is 3.85. The molecule has 1 aliphatic heterocycles. The third-order valence-electron chi connectivity index (χ3n) is 3.29. The van der Waals surface area contributed by atoms with Crippen LogP contribution < -0.4 is 15.4 Å². The van der Waals surface area contributed by atoms with Gasteiger partial charge < -0.3 is 15.4 Å². The largest absolute Gasteiger partial charge is 0.482 e. The molecular weight excluding hydrogens is 348 g/mol. The summed E-state index contributed by atoms with van der Waals surface area (Å²) in [4.78, 5) is 23.6. The summed E-state index contributed by atoms with van der Waals surface area (Å²) in [6.45, 7) is 1.95. The van der Waals surface area contributed by atoms with Crippen LogP contribution in [0.4, 0.5) is 11.4 Å². The number of aryl methyl sites for hydroxylation is 1. The Morgan fingerprint density at radius 2 is 2.09 bits per heavy atom. The van der Waals surface area contributed by atoms with Crippen molar-refractivity contribution in [3.63, 3.8) is 0 Å². The Bertz CT molecular complexity index is 774. The first-order valence-corrected chi connectivity index (χ1v) is 7.46. The topological polar surface area (TPSA) is 67.4 Å². The molecule has 0 atom stereocenters. The zero-order valence-electron chi connectivity index (χ0n) is 11.8. The van der Waals surface area contributed by atoms with Crippen LogP contribution in [-0.2, 0) is 4.79 Å². The molecule has 0 saturated heterocycles. The van der Waals surface area contributed by atoms with Gasteiger partial charge in [0.15, 0.2) is 6.61 Å². The molecule has 0 fully saturated rings. The molecule has 0 aromatic heterocycles. The lowest BCUT2D eigenvalue weighted by Crippen LogP contribution is -2.25. The van der Waals surface area contributed by atoms with E-state index in [9.17, 15) is 9.59 Å². The number of nitrogens with one attached hydrogen (secondary N) is 2. The number of halogens is 1. The monoisotopic (exact) mass is 360 g/mol. The number of anilines is 2. The van der Waals surface area contributed by atoms with Gasteiger partial charge in [-0.05, 0) is 48.9 Å². The molecule has 2 N–H and O–H groups in total. The van der Waals surface area contributed by atoms with Gasteiger partial charge >= 0.3 is 0 Å². The van der Waals surface area contributed by atoms with E-state index in [0.29, 0.717) is 22.7 Å². The molecule has 6 heteroatoms. The SMILES string of the molecule is Cc1cc(NC(=O)c2ccc3c(c2)NC(=O)CO3)ccc1Br. The molecule has 2 amide bonds. The first kappa shape index (κ1) is 14.6. The van der Waals surface area contributed by atoms with Crippen LogP contribution in [0.3, 0.4) is 0 Å². The van der Waals surface area contributed by atoms with Crippen LogP contribution in [0.15, 0.2) is 40.9 Å². The van der Waals surface area contributed by atoms with Gasteiger partial charge in [-0.15, -0.1) is 0 Å². The molecule has 1 aliphatic rings. The summed E-state index contributed by atoms with van der Waals surface area (Å²) in [5.41, 5.74) is 2.70. The molecule has 0 spiro atoms. The summed E-state index contributed by atoms with van der Waals surface area (Å²) in [7, 11) is 0. The number of ether oxygens (including phenoxy) is 1. The predicted molar refractivity (Wildman–Crippen MR) is 87.4 cm³/mol. The second kappa shape index (κ2) is 5.81. The zero-order chi connectivity index (χ0) is 15.7. The van der Waals surface area contributed by atoms with E-state index in [2.05, 4.69) is 26.6 Å². The number of hydrogen-bond donors (Lipinski definition) is 2. The maximum Gasteiger partial charge on any atom is 0.262 e. The van der Waals surface area contributed by atoms with Crippen molar-refractivity contribution < 1.29 is 14.3 Å². The van der Waals surface area contributed by atoms with Gasteiger partial charge in [-0.2, -0.15) is 0 Å². The molecule has 5 nitrogen and oxygen atoms in total. The van der Waals surface area contributed by atoms with E-state index in [0.717, 1.165) is 10.0 Å². The highest BCUT2D eigenvalue weighted by atomic mass is 79.9. The fraction of sp³-hybridized carbons (Fsp3) is 0.125. The Morgan fingerprint density at radius 3 is 2.86 bits per heavy atom. The predicted octanol–water partition coefficient (Wildman–Crippen LogP) is 3.34. The van der Waals surface area contributed by atoms with Crippen molar-refractivity contribution in [1.29, 1.82) is 0 Å². The van der Waals surface area contributed by atoms with Crippen LogP contribution >= 0.6 is 15.9 Å². The number of benzene rings is 2. The molecule has 0 saturated carbocycles. The van der Waals surface area contributed by atoms with Crippen LogP contribution in [0.2, 0.25) is 0 Å². The summed E-state index contributed by atoms with van der Waals surface area (Å²) < 4.78 is 6.25. The molecule has 2 aromatic rings. The van der Waals surface area contributed by atoms with Crippen molar-refractivity contribution in [1.82, 2.24) is 0 Å². The van der Waals surface area contributed by atoms with Crippen molar-refractivity contribution in [2.45, 2.75) is 6.92 Å². The van der Waals surface area contributed by atoms with Gasteiger partial charge in [-0.1, -0.05) is 15.9 Å². The van der Waals surface area contributed by atoms with Gasteiger partial charge in [-0.25, -0.2) is 0 Å². The Hall–Kier alpha value is -2.34. The van der Waals surface area contributed by atoms with Gasteiger partial charge in [0.1, 0.15) is 5.75 Å². The third kappa shape index (κ3) is 2.96. The summed E-state index contributed by atoms with van der Waals surface area (Å²) in [5, 5.41) is 5.52. The van der Waals surface area contributed by atoms with Crippen molar-refractivity contribution in [3.8, 4) is 5.75 Å². The summed E-state index contributed by atoms with van der Waals surface area (Å²) in [6.07, 6.45) is 0. The minimum atomic E-state index is -0.246. The van der Waals surface area contributed by atoms with Crippen molar-refractivity contribution >= 4 is 39.1 Å². The Labute approximate surface area is 135 Å². The smallest absolute Gasteiger partial charge is 0.262 e.